The quantitative estimate of drug-likeness (QED) is 0.444. The molecule has 6 heteroatoms. The van der Waals surface area contributed by atoms with Crippen molar-refractivity contribution < 1.29 is 13.9 Å². The van der Waals surface area contributed by atoms with Crippen molar-refractivity contribution >= 4 is 5.78 Å². The second kappa shape index (κ2) is 8.48. The van der Waals surface area contributed by atoms with Crippen LogP contribution < -0.4 is 4.74 Å². The third kappa shape index (κ3) is 4.73. The van der Waals surface area contributed by atoms with Crippen LogP contribution in [0.1, 0.15) is 27.2 Å². The lowest BCUT2D eigenvalue weighted by molar-refractivity contribution is 0.103. The van der Waals surface area contributed by atoms with E-state index in [0.29, 0.717) is 29.1 Å². The van der Waals surface area contributed by atoms with Gasteiger partial charge in [-0.2, -0.15) is 0 Å². The fourth-order valence-corrected chi connectivity index (χ4v) is 2.87. The van der Waals surface area contributed by atoms with E-state index in [1.807, 2.05) is 18.2 Å². The fraction of sp³-hybridized carbons (Fsp3) is 0.0870. The fourth-order valence-electron chi connectivity index (χ4n) is 2.87. The van der Waals surface area contributed by atoms with Crippen molar-refractivity contribution in [3.8, 4) is 5.75 Å². The molecule has 0 atom stereocenters. The van der Waals surface area contributed by atoms with Gasteiger partial charge in [-0.15, -0.1) is 5.10 Å². The molecule has 0 bridgehead atoms. The van der Waals surface area contributed by atoms with Gasteiger partial charge in [0.25, 0.3) is 0 Å². The van der Waals surface area contributed by atoms with Gasteiger partial charge in [-0.1, -0.05) is 47.7 Å². The average Bonchev–Trinajstić information content (AvgIpc) is 3.22. The van der Waals surface area contributed by atoms with E-state index < -0.39 is 0 Å². The minimum absolute atomic E-state index is 0.0270. The topological polar surface area (TPSA) is 57.0 Å². The average molecular weight is 387 g/mol. The smallest absolute Gasteiger partial charge is 0.193 e. The lowest BCUT2D eigenvalue weighted by Gasteiger charge is -2.05. The van der Waals surface area contributed by atoms with Crippen molar-refractivity contribution in [2.75, 3.05) is 0 Å². The van der Waals surface area contributed by atoms with Gasteiger partial charge in [-0.3, -0.25) is 4.79 Å². The van der Waals surface area contributed by atoms with Gasteiger partial charge >= 0.3 is 0 Å². The van der Waals surface area contributed by atoms with Crippen LogP contribution >= 0.6 is 0 Å². The molecule has 0 saturated heterocycles. The zero-order chi connectivity index (χ0) is 20.1. The van der Waals surface area contributed by atoms with Gasteiger partial charge in [-0.05, 0) is 42.0 Å². The number of benzene rings is 3. The molecule has 144 valence electrons. The maximum atomic E-state index is 13.0. The van der Waals surface area contributed by atoms with Crippen LogP contribution in [-0.4, -0.2) is 20.8 Å². The maximum absolute atomic E-state index is 13.0. The Hall–Kier alpha value is -3.80. The second-order valence-corrected chi connectivity index (χ2v) is 6.54. The highest BCUT2D eigenvalue weighted by atomic mass is 19.1. The zero-order valence-corrected chi connectivity index (χ0v) is 15.5. The first-order chi connectivity index (χ1) is 14.2. The lowest BCUT2D eigenvalue weighted by Crippen LogP contribution is -2.01. The van der Waals surface area contributed by atoms with Gasteiger partial charge < -0.3 is 4.74 Å². The van der Waals surface area contributed by atoms with Crippen molar-refractivity contribution in [1.82, 2.24) is 15.0 Å². The number of ketones is 1. The number of aromatic nitrogens is 3. The Morgan fingerprint density at radius 2 is 1.59 bits per heavy atom. The molecular formula is C23H18FN3O2. The van der Waals surface area contributed by atoms with E-state index in [4.69, 9.17) is 4.74 Å². The van der Waals surface area contributed by atoms with Gasteiger partial charge in [0, 0.05) is 11.1 Å². The van der Waals surface area contributed by atoms with Crippen LogP contribution in [0, 0.1) is 5.82 Å². The molecule has 0 aliphatic heterocycles. The molecule has 4 rings (SSSR count). The van der Waals surface area contributed by atoms with Crippen molar-refractivity contribution in [2.24, 2.45) is 0 Å². The van der Waals surface area contributed by atoms with Crippen LogP contribution in [0.3, 0.4) is 0 Å². The van der Waals surface area contributed by atoms with Gasteiger partial charge in [-0.25, -0.2) is 9.07 Å². The van der Waals surface area contributed by atoms with E-state index in [1.54, 1.807) is 59.4 Å². The molecule has 1 aromatic heterocycles. The summed E-state index contributed by atoms with van der Waals surface area (Å²) in [6.07, 6.45) is 1.79. The molecule has 0 saturated carbocycles. The summed E-state index contributed by atoms with van der Waals surface area (Å²) in [6.45, 7) is 0.763. The Morgan fingerprint density at radius 3 is 2.31 bits per heavy atom. The first-order valence-corrected chi connectivity index (χ1v) is 9.13. The number of carbonyl (C=O) groups excluding carboxylic acids is 1. The Kier molecular flexibility index (Phi) is 5.42. The number of halogens is 1. The molecule has 5 nitrogen and oxygen atoms in total. The second-order valence-electron chi connectivity index (χ2n) is 6.54. The molecule has 0 aliphatic rings. The third-order valence-corrected chi connectivity index (χ3v) is 4.38. The molecule has 29 heavy (non-hydrogen) atoms. The lowest BCUT2D eigenvalue weighted by atomic mass is 10.0. The molecule has 0 unspecified atom stereocenters. The van der Waals surface area contributed by atoms with Crippen LogP contribution in [0.15, 0.2) is 85.1 Å². The molecule has 3 aromatic carbocycles. The summed E-state index contributed by atoms with van der Waals surface area (Å²) >= 11 is 0. The Bertz CT molecular complexity index is 1090. The van der Waals surface area contributed by atoms with E-state index in [-0.39, 0.29) is 18.2 Å². The summed E-state index contributed by atoms with van der Waals surface area (Å²) in [5.74, 6) is 0.349. The highest BCUT2D eigenvalue weighted by Crippen LogP contribution is 2.16. The maximum Gasteiger partial charge on any atom is 0.193 e. The van der Waals surface area contributed by atoms with E-state index in [1.165, 1.54) is 12.1 Å². The summed E-state index contributed by atoms with van der Waals surface area (Å²) < 4.78 is 20.4. The minimum atomic E-state index is -0.266. The minimum Gasteiger partial charge on any atom is -0.487 e. The highest BCUT2D eigenvalue weighted by Gasteiger charge is 2.09. The summed E-state index contributed by atoms with van der Waals surface area (Å²) in [6, 6.07) is 22.4. The van der Waals surface area contributed by atoms with Crippen LogP contribution in [0.4, 0.5) is 4.39 Å². The SMILES string of the molecule is O=C(c1ccccc1)c1ccc(OCc2cn(Cc3ccc(F)cc3)nn2)cc1. The number of hydrogen-bond donors (Lipinski definition) is 0. The van der Waals surface area contributed by atoms with Gasteiger partial charge in [0.2, 0.25) is 0 Å². The van der Waals surface area contributed by atoms with Gasteiger partial charge in [0.1, 0.15) is 23.9 Å². The standard InChI is InChI=1S/C23H18FN3O2/c24-20-10-6-17(7-11-20)14-27-15-21(25-26-27)16-29-22-12-8-19(9-13-22)23(28)18-4-2-1-3-5-18/h1-13,15H,14,16H2. The van der Waals surface area contributed by atoms with Crippen molar-refractivity contribution in [2.45, 2.75) is 13.2 Å². The van der Waals surface area contributed by atoms with Crippen molar-refractivity contribution in [3.05, 3.63) is 113 Å². The van der Waals surface area contributed by atoms with Crippen molar-refractivity contribution in [3.63, 3.8) is 0 Å². The predicted octanol–water partition coefficient (Wildman–Crippen LogP) is 4.28. The van der Waals surface area contributed by atoms with E-state index >= 15 is 0 Å². The van der Waals surface area contributed by atoms with Gasteiger partial charge in [0.05, 0.1) is 12.7 Å². The highest BCUT2D eigenvalue weighted by molar-refractivity contribution is 6.08. The normalized spacial score (nSPS) is 10.7. The largest absolute Gasteiger partial charge is 0.487 e. The van der Waals surface area contributed by atoms with Gasteiger partial charge in [0.15, 0.2) is 5.78 Å². The zero-order valence-electron chi connectivity index (χ0n) is 15.5. The molecular weight excluding hydrogens is 369 g/mol. The van der Waals surface area contributed by atoms with Crippen molar-refractivity contribution in [1.29, 1.82) is 0 Å². The summed E-state index contributed by atoms with van der Waals surface area (Å²) in [7, 11) is 0. The molecule has 0 fully saturated rings. The summed E-state index contributed by atoms with van der Waals surface area (Å²) in [5.41, 5.74) is 2.87. The summed E-state index contributed by atoms with van der Waals surface area (Å²) in [5, 5.41) is 8.16. The van der Waals surface area contributed by atoms with Crippen LogP contribution in [-0.2, 0) is 13.2 Å². The Labute approximate surface area is 167 Å². The number of ether oxygens (including phenoxy) is 1. The third-order valence-electron chi connectivity index (χ3n) is 4.38. The first-order valence-electron chi connectivity index (χ1n) is 9.13. The molecule has 0 radical (unpaired) electrons. The molecule has 0 amide bonds. The van der Waals surface area contributed by atoms with Crippen LogP contribution in [0.2, 0.25) is 0 Å². The number of rotatable bonds is 7. The summed E-state index contributed by atoms with van der Waals surface area (Å²) in [4.78, 5) is 12.4. The first kappa shape index (κ1) is 18.6. The van der Waals surface area contributed by atoms with Crippen LogP contribution in [0.25, 0.3) is 0 Å². The monoisotopic (exact) mass is 387 g/mol. The Morgan fingerprint density at radius 1 is 0.897 bits per heavy atom. The number of carbonyl (C=O) groups is 1. The Balaban J connectivity index is 1.34. The molecule has 1 heterocycles. The molecule has 0 spiro atoms. The van der Waals surface area contributed by atoms with E-state index in [9.17, 15) is 9.18 Å². The number of hydrogen-bond acceptors (Lipinski definition) is 4. The van der Waals surface area contributed by atoms with E-state index in [0.717, 1.165) is 5.56 Å². The molecule has 0 N–H and O–H groups in total. The van der Waals surface area contributed by atoms with Crippen LogP contribution in [0.5, 0.6) is 5.75 Å². The predicted molar refractivity (Wildman–Crippen MR) is 106 cm³/mol. The van der Waals surface area contributed by atoms with E-state index in [2.05, 4.69) is 10.3 Å². The number of nitrogens with zero attached hydrogens (tertiary/aromatic N) is 3. The molecule has 4 aromatic rings. The molecule has 0 aliphatic carbocycles.